The SMILES string of the molecule is CC(C)S(=O)(=O)C(C)(C)C1(NC(=O)N[C@H]2CCCCCCCCC[C@@H](C(=O)C(=O)NCC3CC3)NC(=O)[C@@H]3[C@@H]4[C@H](CN3C2=O)C4(C)C)CCCCC1. The topological polar surface area (TPSA) is 171 Å². The molecule has 0 aromatic carbocycles. The van der Waals surface area contributed by atoms with Crippen LogP contribution >= 0.6 is 0 Å². The summed E-state index contributed by atoms with van der Waals surface area (Å²) < 4.78 is 26.1. The summed E-state index contributed by atoms with van der Waals surface area (Å²) in [5.74, 6) is -1.71. The summed E-state index contributed by atoms with van der Waals surface area (Å²) in [7, 11) is -3.63. The Kier molecular flexibility index (Phi) is 12.4. The maximum Gasteiger partial charge on any atom is 0.315 e. The predicted octanol–water partition coefficient (Wildman–Crippen LogP) is 4.55. The Hall–Kier alpha value is -2.70. The van der Waals surface area contributed by atoms with Crippen molar-refractivity contribution in [3.05, 3.63) is 0 Å². The summed E-state index contributed by atoms with van der Waals surface area (Å²) in [4.78, 5) is 70.7. The van der Waals surface area contributed by atoms with Gasteiger partial charge in [0.2, 0.25) is 17.6 Å². The number of hydrogen-bond acceptors (Lipinski definition) is 7. The van der Waals surface area contributed by atoms with Crippen LogP contribution < -0.4 is 21.3 Å². The van der Waals surface area contributed by atoms with E-state index in [2.05, 4.69) is 35.1 Å². The molecular weight excluding hydrogens is 683 g/mol. The first-order chi connectivity index (χ1) is 24.4. The van der Waals surface area contributed by atoms with E-state index >= 15 is 0 Å². The molecule has 0 spiro atoms. The van der Waals surface area contributed by atoms with Crippen LogP contribution in [0.25, 0.3) is 0 Å². The number of sulfone groups is 1. The lowest BCUT2D eigenvalue weighted by atomic mass is 9.73. The summed E-state index contributed by atoms with van der Waals surface area (Å²) in [6, 6.07) is -3.30. The zero-order valence-corrected chi connectivity index (χ0v) is 33.3. The highest BCUT2D eigenvalue weighted by atomic mass is 32.2. The van der Waals surface area contributed by atoms with Crippen molar-refractivity contribution in [1.82, 2.24) is 26.2 Å². The molecule has 5 aliphatic rings. The van der Waals surface area contributed by atoms with Crippen LogP contribution in [-0.2, 0) is 29.0 Å². The van der Waals surface area contributed by atoms with E-state index in [1.807, 2.05) is 0 Å². The largest absolute Gasteiger partial charge is 0.349 e. The first-order valence-electron chi connectivity index (χ1n) is 20.2. The Morgan fingerprint density at radius 2 is 1.46 bits per heavy atom. The molecule has 3 aliphatic carbocycles. The number of hydrogen-bond donors (Lipinski definition) is 4. The monoisotopic (exact) mass is 747 g/mol. The van der Waals surface area contributed by atoms with Crippen molar-refractivity contribution in [3.63, 3.8) is 0 Å². The predicted molar refractivity (Wildman–Crippen MR) is 200 cm³/mol. The first kappa shape index (κ1) is 40.5. The van der Waals surface area contributed by atoms with Gasteiger partial charge < -0.3 is 26.2 Å². The molecule has 5 atom stereocenters. The van der Waals surface area contributed by atoms with Gasteiger partial charge in [0.05, 0.1) is 21.6 Å². The number of nitrogens with one attached hydrogen (secondary N) is 4. The van der Waals surface area contributed by atoms with Crippen LogP contribution in [0.5, 0.6) is 0 Å². The number of urea groups is 1. The fourth-order valence-corrected chi connectivity index (χ4v) is 11.5. The third kappa shape index (κ3) is 8.33. The lowest BCUT2D eigenvalue weighted by Gasteiger charge is -2.49. The number of fused-ring (bicyclic) bond motifs is 3. The highest BCUT2D eigenvalue weighted by Crippen LogP contribution is 2.65. The van der Waals surface area contributed by atoms with Gasteiger partial charge in [-0.25, -0.2) is 13.2 Å². The molecule has 0 unspecified atom stereocenters. The summed E-state index contributed by atoms with van der Waals surface area (Å²) in [5, 5.41) is 11.1. The molecule has 5 amide bonds. The van der Waals surface area contributed by atoms with E-state index in [-0.39, 0.29) is 23.2 Å². The molecule has 0 aromatic rings. The van der Waals surface area contributed by atoms with Gasteiger partial charge >= 0.3 is 6.03 Å². The summed E-state index contributed by atoms with van der Waals surface area (Å²) >= 11 is 0. The highest BCUT2D eigenvalue weighted by molar-refractivity contribution is 7.93. The number of Topliss-reactive ketones (excluding diaryl/α,β-unsaturated/α-hetero) is 1. The van der Waals surface area contributed by atoms with Gasteiger partial charge in [0.15, 0.2) is 9.84 Å². The number of rotatable bonds is 9. The van der Waals surface area contributed by atoms with Crippen molar-refractivity contribution in [2.75, 3.05) is 13.1 Å². The summed E-state index contributed by atoms with van der Waals surface area (Å²) in [5.41, 5.74) is -1.18. The number of ketones is 1. The minimum atomic E-state index is -3.63. The second kappa shape index (κ2) is 16.0. The maximum atomic E-state index is 14.6. The zero-order chi connectivity index (χ0) is 38.1. The average molecular weight is 748 g/mol. The first-order valence-corrected chi connectivity index (χ1v) is 21.7. The minimum Gasteiger partial charge on any atom is -0.349 e. The van der Waals surface area contributed by atoms with Crippen LogP contribution in [0.3, 0.4) is 0 Å². The van der Waals surface area contributed by atoms with Gasteiger partial charge in [0.25, 0.3) is 5.91 Å². The number of amides is 5. The van der Waals surface area contributed by atoms with E-state index in [0.717, 1.165) is 64.2 Å². The van der Waals surface area contributed by atoms with Crippen LogP contribution in [0.1, 0.15) is 144 Å². The van der Waals surface area contributed by atoms with Crippen molar-refractivity contribution in [2.24, 2.45) is 23.2 Å². The minimum absolute atomic E-state index is 0.0901. The van der Waals surface area contributed by atoms with Gasteiger partial charge in [-0.1, -0.05) is 78.1 Å². The van der Waals surface area contributed by atoms with Crippen molar-refractivity contribution in [2.45, 2.75) is 178 Å². The molecule has 3 saturated carbocycles. The average Bonchev–Trinajstić information content (AvgIpc) is 3.96. The van der Waals surface area contributed by atoms with Crippen molar-refractivity contribution in [3.8, 4) is 0 Å². The molecule has 0 aromatic heterocycles. The van der Waals surface area contributed by atoms with Gasteiger partial charge in [0, 0.05) is 13.1 Å². The van der Waals surface area contributed by atoms with E-state index in [0.29, 0.717) is 57.5 Å². The summed E-state index contributed by atoms with van der Waals surface area (Å²) in [6.07, 6.45) is 12.5. The van der Waals surface area contributed by atoms with Crippen LogP contribution in [0.15, 0.2) is 0 Å². The third-order valence-electron chi connectivity index (χ3n) is 13.5. The van der Waals surface area contributed by atoms with Gasteiger partial charge in [-0.2, -0.15) is 0 Å². The van der Waals surface area contributed by atoms with E-state index in [1.165, 1.54) is 0 Å². The maximum absolute atomic E-state index is 14.6. The number of nitrogens with zero attached hydrogens (tertiary/aromatic N) is 1. The van der Waals surface area contributed by atoms with Gasteiger partial charge in [-0.15, -0.1) is 0 Å². The standard InChI is InChI=1S/C39H65N5O7S/c1-25(2)52(50,51)38(5,6)39(21-15-12-16-22-39)43-36(49)42-29-18-14-11-9-7-8-10-13-17-28(32(45)34(47)40-23-26-19-20-26)41-33(46)31-30-27(37(30,3)4)24-44(31)35(29)48/h25-31H,7-24H2,1-6H3,(H,40,47)(H,41,46)(H2,42,43,49)/t27-,28-,29-,30-,31-/m0/s1. The van der Waals surface area contributed by atoms with Crippen LogP contribution in [-0.4, -0.2) is 89.6 Å². The highest BCUT2D eigenvalue weighted by Gasteiger charge is 2.69. The zero-order valence-electron chi connectivity index (χ0n) is 32.5. The Labute approximate surface area is 311 Å². The third-order valence-corrected chi connectivity index (χ3v) is 16.6. The van der Waals surface area contributed by atoms with E-state index in [9.17, 15) is 32.4 Å². The molecule has 294 valence electrons. The van der Waals surface area contributed by atoms with Crippen molar-refractivity contribution >= 4 is 39.4 Å². The van der Waals surface area contributed by atoms with Crippen LogP contribution in [0, 0.1) is 23.2 Å². The number of carbonyl (C=O) groups is 5. The molecule has 2 saturated heterocycles. The normalized spacial score (nSPS) is 30.1. The van der Waals surface area contributed by atoms with Crippen molar-refractivity contribution in [1.29, 1.82) is 0 Å². The molecule has 2 heterocycles. The molecule has 0 radical (unpaired) electrons. The van der Waals surface area contributed by atoms with Crippen LogP contribution in [0.4, 0.5) is 4.79 Å². The Balaban J connectivity index is 1.38. The van der Waals surface area contributed by atoms with Crippen molar-refractivity contribution < 1.29 is 32.4 Å². The molecular formula is C39H65N5O7S. The fourth-order valence-electron chi connectivity index (χ4n) is 9.49. The van der Waals surface area contributed by atoms with E-state index in [4.69, 9.17) is 0 Å². The molecule has 0 bridgehead atoms. The molecule has 2 aliphatic heterocycles. The lowest BCUT2D eigenvalue weighted by molar-refractivity contribution is -0.144. The van der Waals surface area contributed by atoms with E-state index < -0.39 is 67.1 Å². The van der Waals surface area contributed by atoms with Gasteiger partial charge in [-0.05, 0) is 89.4 Å². The quantitative estimate of drug-likeness (QED) is 0.251. The summed E-state index contributed by atoms with van der Waals surface area (Å²) in [6.45, 7) is 11.8. The lowest BCUT2D eigenvalue weighted by Crippen LogP contribution is -2.68. The van der Waals surface area contributed by atoms with Crippen LogP contribution in [0.2, 0.25) is 0 Å². The second-order valence-corrected chi connectivity index (χ2v) is 21.0. The number of carbonyl (C=O) groups excluding carboxylic acids is 5. The van der Waals surface area contributed by atoms with Gasteiger partial charge in [-0.3, -0.25) is 19.2 Å². The molecule has 5 rings (SSSR count). The second-order valence-electron chi connectivity index (χ2n) is 17.9. The molecule has 4 N–H and O–H groups in total. The Bertz CT molecular complexity index is 1470. The molecule has 12 nitrogen and oxygen atoms in total. The Morgan fingerprint density at radius 3 is 2.06 bits per heavy atom. The number of piperidine rings is 1. The van der Waals surface area contributed by atoms with Gasteiger partial charge in [0.1, 0.15) is 12.1 Å². The Morgan fingerprint density at radius 1 is 0.885 bits per heavy atom. The molecule has 5 fully saturated rings. The molecule has 13 heteroatoms. The fraction of sp³-hybridized carbons (Fsp3) is 0.872. The molecule has 52 heavy (non-hydrogen) atoms. The smallest absolute Gasteiger partial charge is 0.315 e. The van der Waals surface area contributed by atoms with E-state index in [1.54, 1.807) is 32.6 Å².